The number of rotatable bonds is 5. The van der Waals surface area contributed by atoms with Gasteiger partial charge in [0.25, 0.3) is 0 Å². The van der Waals surface area contributed by atoms with E-state index in [0.717, 1.165) is 0 Å². The summed E-state index contributed by atoms with van der Waals surface area (Å²) in [5, 5.41) is 10.6. The van der Waals surface area contributed by atoms with E-state index >= 15 is 0 Å². The minimum atomic E-state index is -0.764. The maximum absolute atomic E-state index is 11.8. The van der Waals surface area contributed by atoms with Crippen molar-refractivity contribution in [1.29, 1.82) is 0 Å². The van der Waals surface area contributed by atoms with Gasteiger partial charge in [0.1, 0.15) is 12.8 Å². The Labute approximate surface area is 121 Å². The van der Waals surface area contributed by atoms with E-state index in [1.54, 1.807) is 16.4 Å². The van der Waals surface area contributed by atoms with Gasteiger partial charge < -0.3 is 24.5 Å². The van der Waals surface area contributed by atoms with Crippen LogP contribution in [-0.4, -0.2) is 50.8 Å². The molecule has 9 heteroatoms. The molecule has 0 aliphatic carbocycles. The summed E-state index contributed by atoms with van der Waals surface area (Å²) in [7, 11) is 0. The lowest BCUT2D eigenvalue weighted by Gasteiger charge is -2.24. The third kappa shape index (κ3) is 3.06. The Kier molecular flexibility index (Phi) is 4.01. The van der Waals surface area contributed by atoms with Crippen LogP contribution in [0.3, 0.4) is 0 Å². The summed E-state index contributed by atoms with van der Waals surface area (Å²) in [4.78, 5) is 27.2. The summed E-state index contributed by atoms with van der Waals surface area (Å²) >= 11 is 0. The Morgan fingerprint density at radius 2 is 2.29 bits per heavy atom. The first-order valence-electron chi connectivity index (χ1n) is 6.71. The number of imidazole rings is 1. The van der Waals surface area contributed by atoms with Crippen LogP contribution in [0.4, 0.5) is 10.6 Å². The lowest BCUT2D eigenvalue weighted by atomic mass is 10.1. The Morgan fingerprint density at radius 1 is 1.62 bits per heavy atom. The maximum atomic E-state index is 11.8. The number of carbonyl (C=O) groups is 1. The minimum Gasteiger partial charge on any atom is -0.445 e. The standard InChI is InChI=1S/C12H18N4O5/c1-4-14(5-2)11(17)20-8-12(3)7-15-6-9(16(18)19)13-10(15)21-12/h6H,4-5,7-8H2,1-3H3. The van der Waals surface area contributed by atoms with Crippen molar-refractivity contribution >= 4 is 11.9 Å². The average molecular weight is 298 g/mol. The van der Waals surface area contributed by atoms with Crippen molar-refractivity contribution < 1.29 is 19.2 Å². The first kappa shape index (κ1) is 15.1. The molecule has 9 nitrogen and oxygen atoms in total. The maximum Gasteiger partial charge on any atom is 0.415 e. The number of nitrogens with zero attached hydrogens (tertiary/aromatic N) is 4. The fraction of sp³-hybridized carbons (Fsp3) is 0.667. The molecular formula is C12H18N4O5. The zero-order valence-corrected chi connectivity index (χ0v) is 12.2. The van der Waals surface area contributed by atoms with Gasteiger partial charge in [0.2, 0.25) is 0 Å². The zero-order chi connectivity index (χ0) is 15.6. The van der Waals surface area contributed by atoms with Gasteiger partial charge in [-0.3, -0.25) is 4.57 Å². The largest absolute Gasteiger partial charge is 0.445 e. The Hall–Kier alpha value is -2.32. The molecule has 0 N–H and O–H groups in total. The number of amides is 1. The second-order valence-corrected chi connectivity index (χ2v) is 5.05. The van der Waals surface area contributed by atoms with E-state index in [4.69, 9.17) is 9.47 Å². The molecule has 1 aliphatic rings. The van der Waals surface area contributed by atoms with Gasteiger partial charge in [-0.05, 0) is 25.7 Å². The van der Waals surface area contributed by atoms with Crippen molar-refractivity contribution in [3.63, 3.8) is 0 Å². The molecule has 1 amide bonds. The summed E-state index contributed by atoms with van der Waals surface area (Å²) in [6.45, 7) is 7.04. The van der Waals surface area contributed by atoms with E-state index in [0.29, 0.717) is 19.6 Å². The molecule has 0 aromatic carbocycles. The third-order valence-electron chi connectivity index (χ3n) is 3.28. The summed E-state index contributed by atoms with van der Waals surface area (Å²) < 4.78 is 12.4. The van der Waals surface area contributed by atoms with E-state index in [1.807, 2.05) is 13.8 Å². The van der Waals surface area contributed by atoms with Crippen molar-refractivity contribution in [1.82, 2.24) is 14.5 Å². The third-order valence-corrected chi connectivity index (χ3v) is 3.28. The summed E-state index contributed by atoms with van der Waals surface area (Å²) in [5.74, 6) is -0.257. The van der Waals surface area contributed by atoms with Gasteiger partial charge in [0, 0.05) is 18.1 Å². The topological polar surface area (TPSA) is 99.7 Å². The molecule has 0 fully saturated rings. The van der Waals surface area contributed by atoms with Crippen molar-refractivity contribution in [3.05, 3.63) is 16.3 Å². The minimum absolute atomic E-state index is 0.0551. The molecule has 0 bridgehead atoms. The van der Waals surface area contributed by atoms with Crippen LogP contribution in [0.1, 0.15) is 20.8 Å². The van der Waals surface area contributed by atoms with Crippen LogP contribution in [0.5, 0.6) is 6.01 Å². The van der Waals surface area contributed by atoms with Crippen LogP contribution in [0.25, 0.3) is 0 Å². The smallest absolute Gasteiger partial charge is 0.415 e. The van der Waals surface area contributed by atoms with Gasteiger partial charge in [-0.2, -0.15) is 0 Å². The van der Waals surface area contributed by atoms with E-state index in [1.165, 1.54) is 6.20 Å². The van der Waals surface area contributed by atoms with Gasteiger partial charge in [-0.1, -0.05) is 0 Å². The first-order chi connectivity index (χ1) is 9.88. The molecule has 116 valence electrons. The average Bonchev–Trinajstić information content (AvgIpc) is 2.93. The molecule has 1 aromatic heterocycles. The molecule has 0 saturated carbocycles. The first-order valence-corrected chi connectivity index (χ1v) is 6.71. The van der Waals surface area contributed by atoms with Gasteiger partial charge in [-0.15, -0.1) is 0 Å². The zero-order valence-electron chi connectivity index (χ0n) is 12.2. The number of hydrogen-bond donors (Lipinski definition) is 0. The lowest BCUT2D eigenvalue weighted by molar-refractivity contribution is -0.389. The number of ether oxygens (including phenoxy) is 2. The van der Waals surface area contributed by atoms with Crippen LogP contribution in [0.2, 0.25) is 0 Å². The molecule has 0 radical (unpaired) electrons. The number of fused-ring (bicyclic) bond motifs is 1. The number of nitro groups is 1. The Bertz CT molecular complexity index is 528. The number of carbonyl (C=O) groups excluding carboxylic acids is 1. The monoisotopic (exact) mass is 298 g/mol. The molecule has 0 spiro atoms. The van der Waals surface area contributed by atoms with Crippen LogP contribution >= 0.6 is 0 Å². The molecule has 21 heavy (non-hydrogen) atoms. The van der Waals surface area contributed by atoms with Crippen molar-refractivity contribution in [3.8, 4) is 6.01 Å². The van der Waals surface area contributed by atoms with Gasteiger partial charge >= 0.3 is 17.9 Å². The predicted molar refractivity (Wildman–Crippen MR) is 72.2 cm³/mol. The summed E-state index contributed by atoms with van der Waals surface area (Å²) in [5.41, 5.74) is -0.764. The molecule has 1 aliphatic heterocycles. The van der Waals surface area contributed by atoms with Crippen molar-refractivity contribution in [2.45, 2.75) is 32.9 Å². The van der Waals surface area contributed by atoms with Gasteiger partial charge in [0.15, 0.2) is 5.60 Å². The quantitative estimate of drug-likeness (QED) is 0.602. The lowest BCUT2D eigenvalue weighted by Crippen LogP contribution is -2.41. The molecule has 1 atom stereocenters. The highest BCUT2D eigenvalue weighted by Crippen LogP contribution is 2.31. The van der Waals surface area contributed by atoms with Gasteiger partial charge in [-0.25, -0.2) is 4.79 Å². The van der Waals surface area contributed by atoms with Gasteiger partial charge in [0.05, 0.1) is 6.54 Å². The second-order valence-electron chi connectivity index (χ2n) is 5.05. The van der Waals surface area contributed by atoms with Crippen LogP contribution < -0.4 is 4.74 Å². The molecule has 2 rings (SSSR count). The highest BCUT2D eigenvalue weighted by atomic mass is 16.6. The van der Waals surface area contributed by atoms with E-state index < -0.39 is 16.6 Å². The van der Waals surface area contributed by atoms with Crippen molar-refractivity contribution in [2.75, 3.05) is 19.7 Å². The molecular weight excluding hydrogens is 280 g/mol. The van der Waals surface area contributed by atoms with Crippen LogP contribution in [-0.2, 0) is 11.3 Å². The fourth-order valence-electron chi connectivity index (χ4n) is 2.14. The molecule has 2 heterocycles. The van der Waals surface area contributed by atoms with E-state index in [-0.39, 0.29) is 18.4 Å². The molecule has 1 unspecified atom stereocenters. The SMILES string of the molecule is CCN(CC)C(=O)OCC1(C)Cn2cc([N+](=O)[O-])nc2O1. The summed E-state index contributed by atoms with van der Waals surface area (Å²) in [6.07, 6.45) is 0.910. The normalized spacial score (nSPS) is 19.8. The van der Waals surface area contributed by atoms with E-state index in [9.17, 15) is 14.9 Å². The summed E-state index contributed by atoms with van der Waals surface area (Å²) in [6, 6.07) is 0.170. The Morgan fingerprint density at radius 3 is 2.81 bits per heavy atom. The number of hydrogen-bond acceptors (Lipinski definition) is 6. The Balaban J connectivity index is 1.95. The van der Waals surface area contributed by atoms with Crippen molar-refractivity contribution in [2.24, 2.45) is 0 Å². The number of aromatic nitrogens is 2. The highest BCUT2D eigenvalue weighted by molar-refractivity contribution is 5.67. The van der Waals surface area contributed by atoms with E-state index in [2.05, 4.69) is 4.98 Å². The highest BCUT2D eigenvalue weighted by Gasteiger charge is 2.41. The molecule has 0 saturated heterocycles. The fourth-order valence-corrected chi connectivity index (χ4v) is 2.14. The predicted octanol–water partition coefficient (Wildman–Crippen LogP) is 1.42. The second kappa shape index (κ2) is 5.58. The van der Waals surface area contributed by atoms with Crippen LogP contribution in [0, 0.1) is 10.1 Å². The molecule has 1 aromatic rings. The van der Waals surface area contributed by atoms with Crippen LogP contribution in [0.15, 0.2) is 6.20 Å².